The van der Waals surface area contributed by atoms with Crippen LogP contribution in [-0.4, -0.2) is 42.6 Å². The zero-order chi connectivity index (χ0) is 15.3. The molecule has 0 bridgehead atoms. The third-order valence-corrected chi connectivity index (χ3v) is 3.39. The minimum Gasteiger partial charge on any atom is -0.487 e. The number of benzene rings is 1. The van der Waals surface area contributed by atoms with Crippen molar-refractivity contribution in [1.82, 2.24) is 4.90 Å². The van der Waals surface area contributed by atoms with Crippen LogP contribution >= 0.6 is 0 Å². The van der Waals surface area contributed by atoms with Crippen molar-refractivity contribution in [3.63, 3.8) is 0 Å². The molecule has 0 aliphatic heterocycles. The fourth-order valence-electron chi connectivity index (χ4n) is 1.52. The van der Waals surface area contributed by atoms with Crippen LogP contribution in [0, 0.1) is 10.1 Å². The Balaban J connectivity index is 2.87. The van der Waals surface area contributed by atoms with Gasteiger partial charge in [0.05, 0.1) is 11.5 Å². The van der Waals surface area contributed by atoms with Gasteiger partial charge in [-0.25, -0.2) is 0 Å². The molecule has 0 atom stereocenters. The first-order chi connectivity index (χ1) is 9.27. The molecule has 1 aromatic carbocycles. The van der Waals surface area contributed by atoms with E-state index < -0.39 is 4.92 Å². The molecule has 1 N–H and O–H groups in total. The van der Waals surface area contributed by atoms with Crippen LogP contribution in [0.4, 0.5) is 11.4 Å². The molecule has 0 saturated heterocycles. The zero-order valence-corrected chi connectivity index (χ0v) is 12.8. The van der Waals surface area contributed by atoms with Gasteiger partial charge in [-0.1, -0.05) is 0 Å². The number of ether oxygens (including phenoxy) is 1. The van der Waals surface area contributed by atoms with Crippen molar-refractivity contribution in [2.24, 2.45) is 0 Å². The second-order valence-electron chi connectivity index (χ2n) is 5.43. The fourth-order valence-corrected chi connectivity index (χ4v) is 1.52. The van der Waals surface area contributed by atoms with E-state index in [9.17, 15) is 10.1 Å². The number of rotatable bonds is 7. The highest BCUT2D eigenvalue weighted by Gasteiger charge is 2.21. The molecule has 0 spiro atoms. The van der Waals surface area contributed by atoms with Crippen LogP contribution in [0.2, 0.25) is 0 Å². The summed E-state index contributed by atoms with van der Waals surface area (Å²) in [6.07, 6.45) is 0. The van der Waals surface area contributed by atoms with Crippen molar-refractivity contribution in [1.29, 1.82) is 0 Å². The van der Waals surface area contributed by atoms with Gasteiger partial charge in [-0.15, -0.1) is 0 Å². The molecule has 0 heterocycles. The summed E-state index contributed by atoms with van der Waals surface area (Å²) in [5.41, 5.74) is 0.784. The van der Waals surface area contributed by atoms with Gasteiger partial charge in [-0.2, -0.15) is 0 Å². The molecule has 1 aromatic rings. The number of hydrogen-bond acceptors (Lipinski definition) is 5. The van der Waals surface area contributed by atoms with Crippen molar-refractivity contribution in [2.75, 3.05) is 32.6 Å². The molecule has 6 nitrogen and oxygen atoms in total. The fraction of sp³-hybridized carbons (Fsp3) is 0.571. The Morgan fingerprint density at radius 2 is 2.05 bits per heavy atom. The molecular weight excluding hydrogens is 258 g/mol. The molecule has 6 heteroatoms. The highest BCUT2D eigenvalue weighted by atomic mass is 16.6. The Morgan fingerprint density at radius 1 is 1.40 bits per heavy atom. The van der Waals surface area contributed by atoms with Crippen molar-refractivity contribution in [3.05, 3.63) is 28.3 Å². The Bertz CT molecular complexity index is 473. The molecule has 0 aliphatic carbocycles. The van der Waals surface area contributed by atoms with Gasteiger partial charge in [0.15, 0.2) is 5.75 Å². The third-order valence-electron chi connectivity index (χ3n) is 3.39. The lowest BCUT2D eigenvalue weighted by molar-refractivity contribution is -0.385. The summed E-state index contributed by atoms with van der Waals surface area (Å²) in [4.78, 5) is 12.6. The number of nitrogens with one attached hydrogen (secondary N) is 1. The lowest BCUT2D eigenvalue weighted by Crippen LogP contribution is -2.44. The molecule has 20 heavy (non-hydrogen) atoms. The van der Waals surface area contributed by atoms with Crippen molar-refractivity contribution >= 4 is 11.4 Å². The molecule has 0 fully saturated rings. The number of nitro groups is 1. The molecule has 1 rings (SSSR count). The maximum atomic E-state index is 10.9. The Labute approximate surface area is 119 Å². The first kappa shape index (κ1) is 16.2. The van der Waals surface area contributed by atoms with E-state index in [4.69, 9.17) is 4.74 Å². The molecule has 0 amide bonds. The lowest BCUT2D eigenvalue weighted by atomic mass is 10.0. The minimum atomic E-state index is -0.432. The number of anilines is 1. The lowest BCUT2D eigenvalue weighted by Gasteiger charge is -2.33. The van der Waals surface area contributed by atoms with Crippen molar-refractivity contribution in [2.45, 2.75) is 26.3 Å². The van der Waals surface area contributed by atoms with E-state index in [1.165, 1.54) is 6.07 Å². The first-order valence-corrected chi connectivity index (χ1v) is 6.60. The van der Waals surface area contributed by atoms with Crippen LogP contribution in [0.5, 0.6) is 5.75 Å². The van der Waals surface area contributed by atoms with Gasteiger partial charge >= 0.3 is 5.69 Å². The topological polar surface area (TPSA) is 67.6 Å². The largest absolute Gasteiger partial charge is 0.487 e. The predicted molar refractivity (Wildman–Crippen MR) is 80.5 cm³/mol. The monoisotopic (exact) mass is 281 g/mol. The molecule has 0 aliphatic rings. The van der Waals surface area contributed by atoms with Crippen molar-refractivity contribution < 1.29 is 9.66 Å². The van der Waals surface area contributed by atoms with Crippen LogP contribution < -0.4 is 10.1 Å². The Morgan fingerprint density at radius 3 is 2.55 bits per heavy atom. The first-order valence-electron chi connectivity index (χ1n) is 6.60. The minimum absolute atomic E-state index is 0.00994. The number of nitro benzene ring substituents is 1. The summed E-state index contributed by atoms with van der Waals surface area (Å²) in [7, 11) is 4.03. The quantitative estimate of drug-likeness (QED) is 0.615. The average Bonchev–Trinajstić information content (AvgIpc) is 2.36. The highest BCUT2D eigenvalue weighted by molar-refractivity contribution is 5.58. The van der Waals surface area contributed by atoms with E-state index in [1.807, 2.05) is 14.1 Å². The van der Waals surface area contributed by atoms with Crippen molar-refractivity contribution in [3.8, 4) is 5.75 Å². The summed E-state index contributed by atoms with van der Waals surface area (Å²) in [6, 6.07) is 4.84. The second kappa shape index (κ2) is 6.56. The summed E-state index contributed by atoms with van der Waals surface area (Å²) in [5.74, 6) is 0.296. The second-order valence-corrected chi connectivity index (χ2v) is 5.43. The maximum Gasteiger partial charge on any atom is 0.311 e. The summed E-state index contributed by atoms with van der Waals surface area (Å²) < 4.78 is 5.33. The van der Waals surface area contributed by atoms with E-state index in [0.717, 1.165) is 12.2 Å². The summed E-state index contributed by atoms with van der Waals surface area (Å²) in [5, 5.41) is 14.2. The average molecular weight is 281 g/mol. The Hall–Kier alpha value is -1.82. The molecule has 0 unspecified atom stereocenters. The SMILES string of the molecule is CCOc1cc(NCC(C)(C)N(C)C)ccc1[N+](=O)[O-]. The van der Waals surface area contributed by atoms with Crippen LogP contribution in [0.1, 0.15) is 20.8 Å². The normalized spacial score (nSPS) is 11.5. The van der Waals surface area contributed by atoms with Gasteiger partial charge < -0.3 is 15.0 Å². The summed E-state index contributed by atoms with van der Waals surface area (Å²) >= 11 is 0. The number of likely N-dealkylation sites (N-methyl/N-ethyl adjacent to an activating group) is 1. The Kier molecular flexibility index (Phi) is 5.33. The predicted octanol–water partition coefficient (Wildman–Crippen LogP) is 2.75. The van der Waals surface area contributed by atoms with Gasteiger partial charge in [-0.3, -0.25) is 10.1 Å². The van der Waals surface area contributed by atoms with Gasteiger partial charge in [0.2, 0.25) is 0 Å². The molecule has 0 radical (unpaired) electrons. The molecule has 112 valence electrons. The smallest absolute Gasteiger partial charge is 0.311 e. The summed E-state index contributed by atoms with van der Waals surface area (Å²) in [6.45, 7) is 7.17. The maximum absolute atomic E-state index is 10.9. The zero-order valence-electron chi connectivity index (χ0n) is 12.8. The van der Waals surface area contributed by atoms with Crippen LogP contribution in [0.3, 0.4) is 0 Å². The number of hydrogen-bond donors (Lipinski definition) is 1. The van der Waals surface area contributed by atoms with E-state index in [0.29, 0.717) is 12.4 Å². The molecular formula is C14H23N3O3. The van der Waals surface area contributed by atoms with Crippen LogP contribution in [0.15, 0.2) is 18.2 Å². The van der Waals surface area contributed by atoms with Gasteiger partial charge in [0.1, 0.15) is 0 Å². The van der Waals surface area contributed by atoms with Crippen LogP contribution in [0.25, 0.3) is 0 Å². The molecule has 0 saturated carbocycles. The van der Waals surface area contributed by atoms with E-state index >= 15 is 0 Å². The number of nitrogens with zero attached hydrogens (tertiary/aromatic N) is 2. The van der Waals surface area contributed by atoms with E-state index in [2.05, 4.69) is 24.1 Å². The van der Waals surface area contributed by atoms with Gasteiger partial charge in [-0.05, 0) is 40.9 Å². The van der Waals surface area contributed by atoms with E-state index in [-0.39, 0.29) is 11.2 Å². The molecule has 0 aromatic heterocycles. The van der Waals surface area contributed by atoms with E-state index in [1.54, 1.807) is 19.1 Å². The van der Waals surface area contributed by atoms with Crippen LogP contribution in [-0.2, 0) is 0 Å². The van der Waals surface area contributed by atoms with Gasteiger partial charge in [0.25, 0.3) is 0 Å². The standard InChI is InChI=1S/C14H23N3O3/c1-6-20-13-9-11(7-8-12(13)17(18)19)15-10-14(2,3)16(4)5/h7-9,15H,6,10H2,1-5H3. The third kappa shape index (κ3) is 4.09. The highest BCUT2D eigenvalue weighted by Crippen LogP contribution is 2.30. The van der Waals surface area contributed by atoms with Gasteiger partial charge in [0, 0.05) is 29.9 Å².